The van der Waals surface area contributed by atoms with Gasteiger partial charge in [-0.3, -0.25) is 14.1 Å². The van der Waals surface area contributed by atoms with Gasteiger partial charge in [-0.2, -0.15) is 15.4 Å². The van der Waals surface area contributed by atoms with Crippen LogP contribution in [0.5, 0.6) is 5.75 Å². The van der Waals surface area contributed by atoms with Crippen LogP contribution in [0.4, 0.5) is 10.2 Å². The fourth-order valence-electron chi connectivity index (χ4n) is 3.98. The summed E-state index contributed by atoms with van der Waals surface area (Å²) in [5, 5.41) is 55.6. The van der Waals surface area contributed by atoms with Crippen molar-refractivity contribution in [2.24, 2.45) is 0 Å². The Hall–Kier alpha value is -4.17. The molecule has 0 spiro atoms. The van der Waals surface area contributed by atoms with Gasteiger partial charge in [0, 0.05) is 0 Å². The van der Waals surface area contributed by atoms with Gasteiger partial charge in [0.25, 0.3) is 5.85 Å². The molecule has 16 nitrogen and oxygen atoms in total. The zero-order valence-electron chi connectivity index (χ0n) is 20.2. The molecule has 0 radical (unpaired) electrons. The van der Waals surface area contributed by atoms with E-state index in [1.165, 1.54) is 36.4 Å². The van der Waals surface area contributed by atoms with Gasteiger partial charge in [-0.15, -0.1) is 0 Å². The zero-order valence-corrected chi connectivity index (χ0v) is 21.1. The molecule has 1 saturated heterocycles. The minimum atomic E-state index is -4.94. The number of para-hydroxylation sites is 1. The van der Waals surface area contributed by atoms with Gasteiger partial charge in [-0.05, 0) is 24.3 Å². The van der Waals surface area contributed by atoms with Gasteiger partial charge in [-0.25, -0.2) is 18.5 Å². The van der Waals surface area contributed by atoms with Gasteiger partial charge in [0.15, 0.2) is 5.82 Å². The number of anilines is 1. The van der Waals surface area contributed by atoms with E-state index in [0.29, 0.717) is 0 Å². The number of benzene rings is 1. The molecule has 4 rings (SSSR count). The molecule has 7 N–H and O–H groups in total. The highest BCUT2D eigenvalue weighted by molar-refractivity contribution is 7.52. The number of aliphatic hydroxyl groups excluding tert-OH is 2. The summed E-state index contributed by atoms with van der Waals surface area (Å²) in [4.78, 5) is 26.5. The smallest absolute Gasteiger partial charge is 0.459 e. The summed E-state index contributed by atoms with van der Waals surface area (Å²) < 4.78 is 46.3. The molecule has 1 fully saturated rings. The lowest BCUT2D eigenvalue weighted by Crippen LogP contribution is -2.44. The molecule has 0 saturated carbocycles. The van der Waals surface area contributed by atoms with E-state index in [9.17, 15) is 34.7 Å². The number of nitrogens with zero attached hydrogens (tertiary/aromatic N) is 4. The lowest BCUT2D eigenvalue weighted by Gasteiger charge is -2.28. The molecule has 2 aromatic heterocycles. The number of nitriles is 1. The Balaban J connectivity index is 1.66. The summed E-state index contributed by atoms with van der Waals surface area (Å²) >= 11 is 0. The minimum absolute atomic E-state index is 0.0170. The second-order valence-corrected chi connectivity index (χ2v) is 10.3. The number of hydrogen-bond donors (Lipinski definition) is 6. The summed E-state index contributed by atoms with van der Waals surface area (Å²) in [5.74, 6) is -6.90. The molecule has 3 heterocycles. The van der Waals surface area contributed by atoms with E-state index < -0.39 is 62.4 Å². The molecular weight excluding hydrogens is 558 g/mol. The highest BCUT2D eigenvalue weighted by Crippen LogP contribution is 2.50. The number of aliphatic hydroxyl groups is 2. The van der Waals surface area contributed by atoms with E-state index in [-0.39, 0.29) is 22.8 Å². The number of aromatic nitrogens is 3. The fourth-order valence-corrected chi connectivity index (χ4v) is 5.49. The first-order chi connectivity index (χ1) is 18.8. The van der Waals surface area contributed by atoms with Crippen molar-refractivity contribution in [3.63, 3.8) is 0 Å². The molecule has 2 unspecified atom stereocenters. The van der Waals surface area contributed by atoms with Crippen LogP contribution in [-0.2, 0) is 29.0 Å². The van der Waals surface area contributed by atoms with Crippen LogP contribution < -0.4 is 15.3 Å². The van der Waals surface area contributed by atoms with Crippen LogP contribution in [0.15, 0.2) is 48.8 Å². The number of halogens is 1. The first-order valence-electron chi connectivity index (χ1n) is 11.3. The maximum absolute atomic E-state index is 16.1. The summed E-state index contributed by atoms with van der Waals surface area (Å²) in [6, 6.07) is 9.30. The Morgan fingerprint density at radius 3 is 2.58 bits per heavy atom. The largest absolute Gasteiger partial charge is 0.481 e. The second kappa shape index (κ2) is 10.8. The van der Waals surface area contributed by atoms with Gasteiger partial charge in [-0.1, -0.05) is 18.2 Å². The first-order valence-corrected chi connectivity index (χ1v) is 12.9. The quantitative estimate of drug-likeness (QED) is 0.165. The number of nitrogen functional groups attached to an aromatic ring is 1. The summed E-state index contributed by atoms with van der Waals surface area (Å²) in [6.45, 7) is -1.48. The Labute approximate surface area is 223 Å². The second-order valence-electron chi connectivity index (χ2n) is 8.58. The third kappa shape index (κ3) is 5.31. The van der Waals surface area contributed by atoms with Gasteiger partial charge in [0.2, 0.25) is 5.60 Å². The summed E-state index contributed by atoms with van der Waals surface area (Å²) in [7, 11) is -4.94. The SMILES string of the molecule is N#C[C@@]1(c2ccc3c(N)ncnn23)O[C@](F)(COP(=O)(NC(CC(=O)O)C(=O)O)Oc2ccccc2)[C@@H](O)[C@H]1O. The Bertz CT molecular complexity index is 1520. The predicted molar refractivity (Wildman–Crippen MR) is 129 cm³/mol. The summed E-state index contributed by atoms with van der Waals surface area (Å²) in [6.07, 6.45) is -4.76. The molecule has 0 aliphatic carbocycles. The minimum Gasteiger partial charge on any atom is -0.481 e. The monoisotopic (exact) mass is 580 g/mol. The number of carboxylic acid groups (broad SMARTS) is 2. The van der Waals surface area contributed by atoms with Crippen molar-refractivity contribution in [1.82, 2.24) is 19.7 Å². The molecule has 1 aliphatic heterocycles. The molecule has 1 aliphatic rings. The maximum atomic E-state index is 16.1. The van der Waals surface area contributed by atoms with Gasteiger partial charge in [0.1, 0.15) is 48.5 Å². The summed E-state index contributed by atoms with van der Waals surface area (Å²) in [5.41, 5.74) is 3.14. The number of nitrogens with two attached hydrogens (primary N) is 1. The molecule has 0 bridgehead atoms. The number of fused-ring (bicyclic) bond motifs is 1. The molecule has 0 amide bonds. The predicted octanol–water partition coefficient (Wildman–Crippen LogP) is 0.169. The highest BCUT2D eigenvalue weighted by atomic mass is 31.2. The van der Waals surface area contributed by atoms with Crippen LogP contribution in [0.2, 0.25) is 0 Å². The number of hydrogen-bond acceptors (Lipinski definition) is 12. The topological polar surface area (TPSA) is 252 Å². The molecule has 212 valence electrons. The average molecular weight is 580 g/mol. The highest BCUT2D eigenvalue weighted by Gasteiger charge is 2.66. The Morgan fingerprint density at radius 2 is 1.95 bits per heavy atom. The molecule has 6 atom stereocenters. The van der Waals surface area contributed by atoms with E-state index in [1.54, 1.807) is 12.1 Å². The van der Waals surface area contributed by atoms with Crippen LogP contribution in [0, 0.1) is 11.3 Å². The number of carbonyl (C=O) groups is 2. The van der Waals surface area contributed by atoms with E-state index in [2.05, 4.69) is 10.1 Å². The molecule has 18 heteroatoms. The number of alkyl halides is 1. The standard InChI is InChI=1S/C22H22FN6O10P/c23-22(10-37-40(36,38-12-4-2-1-3-5-12)28-13(20(34)35)8-16(30)31)18(33)17(32)21(9-24,39-22)15-7-6-14-19(25)26-11-27-29(14)15/h1-7,11,13,17-18,32-33H,8,10H2,(H,28,36)(H,30,31)(H,34,35)(H2,25,26,27)/t13?,17-,18+,21+,22-,40?/m1/s1. The number of aliphatic carboxylic acids is 2. The Morgan fingerprint density at radius 1 is 1.25 bits per heavy atom. The number of ether oxygens (including phenoxy) is 1. The van der Waals surface area contributed by atoms with Crippen LogP contribution in [-0.4, -0.2) is 77.7 Å². The van der Waals surface area contributed by atoms with Crippen molar-refractivity contribution in [3.8, 4) is 11.8 Å². The number of nitrogens with one attached hydrogen (secondary N) is 1. The third-order valence-corrected chi connectivity index (χ3v) is 7.46. The maximum Gasteiger partial charge on any atom is 0.459 e. The zero-order chi connectivity index (χ0) is 29.3. The van der Waals surface area contributed by atoms with Crippen LogP contribution in [0.25, 0.3) is 5.52 Å². The lowest BCUT2D eigenvalue weighted by atomic mass is 9.92. The molecule has 40 heavy (non-hydrogen) atoms. The normalized spacial score (nSPS) is 26.6. The van der Waals surface area contributed by atoms with Crippen molar-refractivity contribution < 1.29 is 52.8 Å². The Kier molecular flexibility index (Phi) is 7.76. The van der Waals surface area contributed by atoms with Crippen molar-refractivity contribution in [1.29, 1.82) is 5.26 Å². The molecule has 3 aromatic rings. The molecular formula is C22H22FN6O10P. The van der Waals surface area contributed by atoms with Crippen LogP contribution in [0.3, 0.4) is 0 Å². The van der Waals surface area contributed by atoms with Crippen LogP contribution in [0.1, 0.15) is 12.1 Å². The van der Waals surface area contributed by atoms with E-state index >= 15 is 4.39 Å². The van der Waals surface area contributed by atoms with E-state index in [0.717, 1.165) is 10.8 Å². The van der Waals surface area contributed by atoms with Gasteiger partial charge < -0.3 is 35.4 Å². The van der Waals surface area contributed by atoms with E-state index in [4.69, 9.17) is 24.6 Å². The average Bonchev–Trinajstić information content (AvgIpc) is 3.43. The first kappa shape index (κ1) is 28.8. The molecule has 1 aromatic carbocycles. The van der Waals surface area contributed by atoms with E-state index in [1.807, 2.05) is 5.09 Å². The van der Waals surface area contributed by atoms with Gasteiger partial charge >= 0.3 is 19.7 Å². The number of carboxylic acids is 2. The van der Waals surface area contributed by atoms with Crippen molar-refractivity contribution in [3.05, 3.63) is 54.5 Å². The lowest BCUT2D eigenvalue weighted by molar-refractivity contribution is -0.208. The van der Waals surface area contributed by atoms with Crippen molar-refractivity contribution in [2.45, 2.75) is 36.1 Å². The number of rotatable bonds is 11. The van der Waals surface area contributed by atoms with Crippen molar-refractivity contribution >= 4 is 31.0 Å². The fraction of sp³-hybridized carbons (Fsp3) is 0.318. The van der Waals surface area contributed by atoms with Gasteiger partial charge in [0.05, 0.1) is 12.1 Å². The van der Waals surface area contributed by atoms with Crippen molar-refractivity contribution in [2.75, 3.05) is 12.3 Å². The van der Waals surface area contributed by atoms with Crippen LogP contribution >= 0.6 is 7.75 Å². The third-order valence-electron chi connectivity index (χ3n) is 5.91.